The summed E-state index contributed by atoms with van der Waals surface area (Å²) in [5.74, 6) is 1.55. The Balaban J connectivity index is 2.14. The highest BCUT2D eigenvalue weighted by molar-refractivity contribution is 9.10. The molecular formula is C17H12BrClN4OS. The average molecular weight is 436 g/mol. The van der Waals surface area contributed by atoms with E-state index in [1.165, 1.54) is 11.8 Å². The van der Waals surface area contributed by atoms with Gasteiger partial charge >= 0.3 is 0 Å². The Labute approximate surface area is 162 Å². The molecule has 3 rings (SSSR count). The molecule has 3 aromatic rings. The molecule has 0 fully saturated rings. The van der Waals surface area contributed by atoms with Gasteiger partial charge in [0.25, 0.3) is 0 Å². The Kier molecular flexibility index (Phi) is 5.63. The first-order chi connectivity index (χ1) is 12.1. The Morgan fingerprint density at radius 3 is 2.64 bits per heavy atom. The first-order valence-electron chi connectivity index (χ1n) is 7.19. The SMILES string of the molecule is COc1ccc(-n2c(SCC#N)nnc2-c2ccc(Br)cc2)cc1Cl. The van der Waals surface area contributed by atoms with Gasteiger partial charge in [0.1, 0.15) is 5.75 Å². The lowest BCUT2D eigenvalue weighted by atomic mass is 10.2. The molecule has 5 nitrogen and oxygen atoms in total. The van der Waals surface area contributed by atoms with Crippen LogP contribution in [-0.4, -0.2) is 27.6 Å². The second-order valence-electron chi connectivity index (χ2n) is 4.91. The number of methoxy groups -OCH3 is 1. The standard InChI is InChI=1S/C17H12BrClN4OS/c1-24-15-7-6-13(10-14(15)19)23-16(11-2-4-12(18)5-3-11)21-22-17(23)25-9-8-20/h2-7,10H,9H2,1H3. The summed E-state index contributed by atoms with van der Waals surface area (Å²) in [5.41, 5.74) is 1.71. The van der Waals surface area contributed by atoms with Crippen molar-refractivity contribution < 1.29 is 4.74 Å². The number of halogens is 2. The molecule has 0 saturated heterocycles. The van der Waals surface area contributed by atoms with Crippen LogP contribution in [0.3, 0.4) is 0 Å². The van der Waals surface area contributed by atoms with E-state index in [1.807, 2.05) is 34.9 Å². The molecule has 126 valence electrons. The minimum atomic E-state index is 0.280. The molecule has 0 N–H and O–H groups in total. The van der Waals surface area contributed by atoms with Gasteiger partial charge in [0, 0.05) is 10.0 Å². The molecular weight excluding hydrogens is 424 g/mol. The van der Waals surface area contributed by atoms with Crippen LogP contribution in [-0.2, 0) is 0 Å². The number of nitriles is 1. The average Bonchev–Trinajstić information content (AvgIpc) is 3.04. The van der Waals surface area contributed by atoms with Crippen molar-refractivity contribution in [3.05, 3.63) is 52.0 Å². The lowest BCUT2D eigenvalue weighted by molar-refractivity contribution is 0.415. The van der Waals surface area contributed by atoms with Crippen molar-refractivity contribution in [2.45, 2.75) is 5.16 Å². The zero-order valence-corrected chi connectivity index (χ0v) is 16.3. The molecule has 1 heterocycles. The van der Waals surface area contributed by atoms with Gasteiger partial charge in [-0.2, -0.15) is 5.26 Å². The predicted octanol–water partition coefficient (Wildman–Crippen LogP) is 4.97. The first-order valence-corrected chi connectivity index (χ1v) is 9.34. The van der Waals surface area contributed by atoms with Crippen LogP contribution in [0, 0.1) is 11.3 Å². The Morgan fingerprint density at radius 2 is 2.00 bits per heavy atom. The maximum absolute atomic E-state index is 8.88. The number of rotatable bonds is 5. The van der Waals surface area contributed by atoms with Crippen LogP contribution in [0.1, 0.15) is 0 Å². The summed E-state index contributed by atoms with van der Waals surface area (Å²) < 4.78 is 8.08. The van der Waals surface area contributed by atoms with Crippen molar-refractivity contribution in [2.24, 2.45) is 0 Å². The van der Waals surface area contributed by atoms with E-state index in [-0.39, 0.29) is 5.75 Å². The lowest BCUT2D eigenvalue weighted by Crippen LogP contribution is -2.00. The third kappa shape index (κ3) is 3.82. The van der Waals surface area contributed by atoms with Crippen LogP contribution in [0.4, 0.5) is 0 Å². The molecule has 1 aromatic heterocycles. The van der Waals surface area contributed by atoms with Gasteiger partial charge in [0.15, 0.2) is 11.0 Å². The number of nitrogens with zero attached hydrogens (tertiary/aromatic N) is 4. The van der Waals surface area contributed by atoms with Gasteiger partial charge in [-0.3, -0.25) is 4.57 Å². The summed E-state index contributed by atoms with van der Waals surface area (Å²) in [6.45, 7) is 0. The van der Waals surface area contributed by atoms with E-state index < -0.39 is 0 Å². The van der Waals surface area contributed by atoms with Gasteiger partial charge in [0.2, 0.25) is 0 Å². The fourth-order valence-electron chi connectivity index (χ4n) is 2.27. The van der Waals surface area contributed by atoms with E-state index in [9.17, 15) is 0 Å². The maximum atomic E-state index is 8.88. The fraction of sp³-hybridized carbons (Fsp3) is 0.118. The lowest BCUT2D eigenvalue weighted by Gasteiger charge is -2.11. The smallest absolute Gasteiger partial charge is 0.197 e. The molecule has 0 amide bonds. The van der Waals surface area contributed by atoms with E-state index >= 15 is 0 Å². The van der Waals surface area contributed by atoms with Gasteiger partial charge in [0.05, 0.1) is 29.6 Å². The van der Waals surface area contributed by atoms with E-state index in [1.54, 1.807) is 19.2 Å². The molecule has 0 bridgehead atoms. The molecule has 0 aliphatic carbocycles. The van der Waals surface area contributed by atoms with Crippen LogP contribution >= 0.6 is 39.3 Å². The molecule has 0 aliphatic heterocycles. The molecule has 25 heavy (non-hydrogen) atoms. The van der Waals surface area contributed by atoms with Crippen molar-refractivity contribution in [1.29, 1.82) is 5.26 Å². The molecule has 2 aromatic carbocycles. The van der Waals surface area contributed by atoms with Crippen LogP contribution in [0.15, 0.2) is 52.1 Å². The van der Waals surface area contributed by atoms with Gasteiger partial charge < -0.3 is 4.74 Å². The molecule has 0 spiro atoms. The van der Waals surface area contributed by atoms with Gasteiger partial charge in [-0.1, -0.05) is 51.4 Å². The number of thioether (sulfide) groups is 1. The number of hydrogen-bond donors (Lipinski definition) is 0. The van der Waals surface area contributed by atoms with Crippen molar-refractivity contribution >= 4 is 39.3 Å². The molecule has 0 unspecified atom stereocenters. The van der Waals surface area contributed by atoms with Crippen molar-refractivity contribution in [3.63, 3.8) is 0 Å². The van der Waals surface area contributed by atoms with E-state index in [4.69, 9.17) is 21.6 Å². The number of hydrogen-bond acceptors (Lipinski definition) is 5. The largest absolute Gasteiger partial charge is 0.495 e. The van der Waals surface area contributed by atoms with Gasteiger partial charge in [-0.15, -0.1) is 10.2 Å². The molecule has 0 saturated carbocycles. The number of ether oxygens (including phenoxy) is 1. The molecule has 0 radical (unpaired) electrons. The highest BCUT2D eigenvalue weighted by atomic mass is 79.9. The van der Waals surface area contributed by atoms with Crippen molar-refractivity contribution in [1.82, 2.24) is 14.8 Å². The zero-order valence-electron chi connectivity index (χ0n) is 13.1. The van der Waals surface area contributed by atoms with E-state index in [2.05, 4.69) is 32.2 Å². The van der Waals surface area contributed by atoms with Crippen molar-refractivity contribution in [3.8, 4) is 28.9 Å². The second-order valence-corrected chi connectivity index (χ2v) is 7.18. The first kappa shape index (κ1) is 17.8. The fourth-order valence-corrected chi connectivity index (χ4v) is 3.40. The monoisotopic (exact) mass is 434 g/mol. The highest BCUT2D eigenvalue weighted by Gasteiger charge is 2.17. The Bertz CT molecular complexity index is 937. The summed E-state index contributed by atoms with van der Waals surface area (Å²) in [4.78, 5) is 0. The summed E-state index contributed by atoms with van der Waals surface area (Å²) >= 11 is 11.0. The Hall–Kier alpha value is -2.01. The van der Waals surface area contributed by atoms with E-state index in [0.717, 1.165) is 15.7 Å². The maximum Gasteiger partial charge on any atom is 0.197 e. The predicted molar refractivity (Wildman–Crippen MR) is 102 cm³/mol. The topological polar surface area (TPSA) is 63.7 Å². The quantitative estimate of drug-likeness (QED) is 0.529. The second kappa shape index (κ2) is 7.91. The van der Waals surface area contributed by atoms with Crippen LogP contribution < -0.4 is 4.74 Å². The molecule has 0 atom stereocenters. The summed E-state index contributed by atoms with van der Waals surface area (Å²) in [7, 11) is 1.57. The third-order valence-electron chi connectivity index (χ3n) is 3.40. The van der Waals surface area contributed by atoms with Gasteiger partial charge in [-0.05, 0) is 30.3 Å². The van der Waals surface area contributed by atoms with Crippen LogP contribution in [0.2, 0.25) is 5.02 Å². The molecule has 0 aliphatic rings. The Morgan fingerprint density at radius 1 is 1.24 bits per heavy atom. The minimum Gasteiger partial charge on any atom is -0.495 e. The zero-order chi connectivity index (χ0) is 17.8. The minimum absolute atomic E-state index is 0.280. The normalized spacial score (nSPS) is 10.5. The number of benzene rings is 2. The van der Waals surface area contributed by atoms with Crippen LogP contribution in [0.25, 0.3) is 17.1 Å². The highest BCUT2D eigenvalue weighted by Crippen LogP contribution is 2.32. The molecule has 8 heteroatoms. The van der Waals surface area contributed by atoms with Gasteiger partial charge in [-0.25, -0.2) is 0 Å². The third-order valence-corrected chi connectivity index (χ3v) is 5.02. The van der Waals surface area contributed by atoms with Crippen LogP contribution in [0.5, 0.6) is 5.75 Å². The van der Waals surface area contributed by atoms with E-state index in [0.29, 0.717) is 21.8 Å². The summed E-state index contributed by atoms with van der Waals surface area (Å²) in [6.07, 6.45) is 0. The summed E-state index contributed by atoms with van der Waals surface area (Å²) in [6, 6.07) is 15.4. The van der Waals surface area contributed by atoms with Crippen molar-refractivity contribution in [2.75, 3.05) is 12.9 Å². The summed E-state index contributed by atoms with van der Waals surface area (Å²) in [5, 5.41) is 18.6. The number of aromatic nitrogens is 3.